The Morgan fingerprint density at radius 1 is 1.15 bits per heavy atom. The molecule has 1 fully saturated rings. The van der Waals surface area contributed by atoms with Crippen LogP contribution >= 0.6 is 0 Å². The average Bonchev–Trinajstić information content (AvgIpc) is 2.38. The lowest BCUT2D eigenvalue weighted by Gasteiger charge is -2.28. The first-order valence-corrected chi connectivity index (χ1v) is 6.57. The van der Waals surface area contributed by atoms with E-state index in [0.29, 0.717) is 6.61 Å². The SMILES string of the molecule is CN1CCC(OCc2ccc(OC(F)(F)F)cc2)CC1. The molecule has 0 bridgehead atoms. The summed E-state index contributed by atoms with van der Waals surface area (Å²) in [5.41, 5.74) is 0.846. The third kappa shape index (κ3) is 5.02. The Morgan fingerprint density at radius 2 is 1.75 bits per heavy atom. The van der Waals surface area contributed by atoms with Crippen molar-refractivity contribution in [3.8, 4) is 5.75 Å². The summed E-state index contributed by atoms with van der Waals surface area (Å²) in [6.45, 7) is 2.45. The largest absolute Gasteiger partial charge is 0.573 e. The highest BCUT2D eigenvalue weighted by atomic mass is 19.4. The molecule has 0 radical (unpaired) electrons. The van der Waals surface area contributed by atoms with Crippen molar-refractivity contribution in [1.82, 2.24) is 4.90 Å². The molecule has 1 saturated heterocycles. The summed E-state index contributed by atoms with van der Waals surface area (Å²) in [6, 6.07) is 5.80. The normalized spacial score (nSPS) is 18.2. The highest BCUT2D eigenvalue weighted by Crippen LogP contribution is 2.23. The van der Waals surface area contributed by atoms with Crippen LogP contribution in [0.2, 0.25) is 0 Å². The second kappa shape index (κ2) is 6.45. The van der Waals surface area contributed by atoms with Gasteiger partial charge in [0.2, 0.25) is 0 Å². The molecule has 6 heteroatoms. The minimum Gasteiger partial charge on any atom is -0.406 e. The number of halogens is 3. The van der Waals surface area contributed by atoms with E-state index in [4.69, 9.17) is 4.74 Å². The summed E-state index contributed by atoms with van der Waals surface area (Å²) in [5, 5.41) is 0. The molecule has 20 heavy (non-hydrogen) atoms. The summed E-state index contributed by atoms with van der Waals surface area (Å²) in [6.07, 6.45) is -2.43. The standard InChI is InChI=1S/C14H18F3NO2/c1-18-8-6-12(7-9-18)19-10-11-2-4-13(5-3-11)20-14(15,16)17/h2-5,12H,6-10H2,1H3. The first kappa shape index (κ1) is 15.1. The molecular weight excluding hydrogens is 271 g/mol. The Hall–Kier alpha value is -1.27. The maximum Gasteiger partial charge on any atom is 0.573 e. The monoisotopic (exact) mass is 289 g/mol. The Bertz CT molecular complexity index is 411. The van der Waals surface area contributed by atoms with Crippen LogP contribution in [0.25, 0.3) is 0 Å². The van der Waals surface area contributed by atoms with Crippen molar-refractivity contribution >= 4 is 0 Å². The molecule has 0 N–H and O–H groups in total. The van der Waals surface area contributed by atoms with Crippen LogP contribution in [0.15, 0.2) is 24.3 Å². The van der Waals surface area contributed by atoms with Crippen LogP contribution in [0, 0.1) is 0 Å². The maximum absolute atomic E-state index is 12.0. The first-order chi connectivity index (χ1) is 9.42. The lowest BCUT2D eigenvalue weighted by Crippen LogP contribution is -2.34. The van der Waals surface area contributed by atoms with Gasteiger partial charge in [-0.1, -0.05) is 12.1 Å². The molecule has 1 aromatic rings. The number of rotatable bonds is 4. The molecule has 0 saturated carbocycles. The molecule has 3 nitrogen and oxygen atoms in total. The summed E-state index contributed by atoms with van der Waals surface area (Å²) >= 11 is 0. The molecule has 0 amide bonds. The first-order valence-electron chi connectivity index (χ1n) is 6.57. The van der Waals surface area contributed by atoms with Gasteiger partial charge in [0.05, 0.1) is 12.7 Å². The number of alkyl halides is 3. The van der Waals surface area contributed by atoms with E-state index in [9.17, 15) is 13.2 Å². The minimum absolute atomic E-state index is 0.208. The van der Waals surface area contributed by atoms with Gasteiger partial charge in [-0.3, -0.25) is 0 Å². The number of nitrogens with zero attached hydrogens (tertiary/aromatic N) is 1. The lowest BCUT2D eigenvalue weighted by atomic mass is 10.1. The number of hydrogen-bond donors (Lipinski definition) is 0. The van der Waals surface area contributed by atoms with Crippen LogP contribution in [0.3, 0.4) is 0 Å². The quantitative estimate of drug-likeness (QED) is 0.849. The zero-order valence-electron chi connectivity index (χ0n) is 11.3. The highest BCUT2D eigenvalue weighted by Gasteiger charge is 2.30. The van der Waals surface area contributed by atoms with E-state index in [-0.39, 0.29) is 11.9 Å². The van der Waals surface area contributed by atoms with E-state index in [1.54, 1.807) is 12.1 Å². The van der Waals surface area contributed by atoms with E-state index >= 15 is 0 Å². The van der Waals surface area contributed by atoms with Crippen LogP contribution < -0.4 is 4.74 Å². The van der Waals surface area contributed by atoms with E-state index < -0.39 is 6.36 Å². The highest BCUT2D eigenvalue weighted by molar-refractivity contribution is 5.27. The van der Waals surface area contributed by atoms with Gasteiger partial charge in [-0.2, -0.15) is 0 Å². The van der Waals surface area contributed by atoms with E-state index in [1.165, 1.54) is 12.1 Å². The predicted molar refractivity (Wildman–Crippen MR) is 68.4 cm³/mol. The van der Waals surface area contributed by atoms with Crippen LogP contribution in [0.5, 0.6) is 5.75 Å². The summed E-state index contributed by atoms with van der Waals surface area (Å²) < 4.78 is 45.6. The Balaban J connectivity index is 1.79. The van der Waals surface area contributed by atoms with Gasteiger partial charge in [0, 0.05) is 13.1 Å². The van der Waals surface area contributed by atoms with Crippen molar-refractivity contribution in [2.45, 2.75) is 31.9 Å². The molecule has 1 aromatic carbocycles. The van der Waals surface area contributed by atoms with Gasteiger partial charge in [0.1, 0.15) is 5.75 Å². The molecule has 1 aliphatic heterocycles. The number of hydrogen-bond acceptors (Lipinski definition) is 3. The third-order valence-electron chi connectivity index (χ3n) is 3.31. The van der Waals surface area contributed by atoms with Crippen molar-refractivity contribution in [2.24, 2.45) is 0 Å². The van der Waals surface area contributed by atoms with Crippen molar-refractivity contribution in [3.63, 3.8) is 0 Å². The van der Waals surface area contributed by atoms with Crippen molar-refractivity contribution in [2.75, 3.05) is 20.1 Å². The van der Waals surface area contributed by atoms with E-state index in [2.05, 4.69) is 16.7 Å². The number of piperidine rings is 1. The van der Waals surface area contributed by atoms with Crippen LogP contribution in [0.1, 0.15) is 18.4 Å². The van der Waals surface area contributed by atoms with Gasteiger partial charge >= 0.3 is 6.36 Å². The Kier molecular flexibility index (Phi) is 4.88. The van der Waals surface area contributed by atoms with Crippen LogP contribution in [0.4, 0.5) is 13.2 Å². The van der Waals surface area contributed by atoms with Crippen molar-refractivity contribution in [3.05, 3.63) is 29.8 Å². The fourth-order valence-electron chi connectivity index (χ4n) is 2.15. The molecule has 0 unspecified atom stereocenters. The molecule has 1 heterocycles. The molecule has 0 aliphatic carbocycles. The fraction of sp³-hybridized carbons (Fsp3) is 0.571. The van der Waals surface area contributed by atoms with E-state index in [0.717, 1.165) is 31.5 Å². The average molecular weight is 289 g/mol. The summed E-state index contributed by atoms with van der Waals surface area (Å²) in [4.78, 5) is 2.25. The van der Waals surface area contributed by atoms with Gasteiger partial charge in [-0.05, 0) is 37.6 Å². The van der Waals surface area contributed by atoms with Gasteiger partial charge in [0.25, 0.3) is 0 Å². The molecule has 0 atom stereocenters. The lowest BCUT2D eigenvalue weighted by molar-refractivity contribution is -0.274. The van der Waals surface area contributed by atoms with Gasteiger partial charge in [-0.15, -0.1) is 13.2 Å². The Labute approximate surface area is 116 Å². The third-order valence-corrected chi connectivity index (χ3v) is 3.31. The van der Waals surface area contributed by atoms with Gasteiger partial charge in [-0.25, -0.2) is 0 Å². The molecule has 2 rings (SSSR count). The minimum atomic E-state index is -4.65. The summed E-state index contributed by atoms with van der Waals surface area (Å²) in [7, 11) is 2.08. The predicted octanol–water partition coefficient (Wildman–Crippen LogP) is 3.20. The molecule has 0 spiro atoms. The number of benzene rings is 1. The second-order valence-electron chi connectivity index (χ2n) is 5.01. The van der Waals surface area contributed by atoms with Gasteiger partial charge < -0.3 is 14.4 Å². The zero-order valence-corrected chi connectivity index (χ0v) is 11.3. The molecule has 112 valence electrons. The summed E-state index contributed by atoms with van der Waals surface area (Å²) in [5.74, 6) is -0.208. The smallest absolute Gasteiger partial charge is 0.406 e. The topological polar surface area (TPSA) is 21.7 Å². The molecular formula is C14H18F3NO2. The fourth-order valence-corrected chi connectivity index (χ4v) is 2.15. The maximum atomic E-state index is 12.0. The van der Waals surface area contributed by atoms with Crippen molar-refractivity contribution in [1.29, 1.82) is 0 Å². The Morgan fingerprint density at radius 3 is 2.30 bits per heavy atom. The zero-order chi connectivity index (χ0) is 14.6. The molecule has 0 aromatic heterocycles. The second-order valence-corrected chi connectivity index (χ2v) is 5.01. The van der Waals surface area contributed by atoms with Gasteiger partial charge in [0.15, 0.2) is 0 Å². The number of ether oxygens (including phenoxy) is 2. The van der Waals surface area contributed by atoms with Crippen molar-refractivity contribution < 1.29 is 22.6 Å². The molecule has 1 aliphatic rings. The van der Waals surface area contributed by atoms with E-state index in [1.807, 2.05) is 0 Å². The van der Waals surface area contributed by atoms with Crippen LogP contribution in [-0.4, -0.2) is 37.5 Å². The number of likely N-dealkylation sites (tertiary alicyclic amines) is 1. The van der Waals surface area contributed by atoms with Crippen LogP contribution in [-0.2, 0) is 11.3 Å².